The molecule has 5 fully saturated rings. The van der Waals surface area contributed by atoms with Gasteiger partial charge in [0, 0.05) is 79.6 Å². The highest BCUT2D eigenvalue weighted by Crippen LogP contribution is 2.72. The average Bonchev–Trinajstić information content (AvgIpc) is 4.31. The average molecular weight is 1130 g/mol. The Morgan fingerprint density at radius 1 is 0.900 bits per heavy atom. The Morgan fingerprint density at radius 2 is 1.73 bits per heavy atom. The number of nitrogens with zero attached hydrogens (tertiary/aromatic N) is 1. The first kappa shape index (κ1) is 56.1. The number of allylic oxidation sites excluding steroid dienone is 5. The summed E-state index contributed by atoms with van der Waals surface area (Å²) >= 11 is 0. The number of nitrogens with one attached hydrogen (secondary N) is 3. The standard InChI is InChI=1S/C64H82N4O10S2/c1-2-63(22-5-6-23-63)30-51-48-15-14-46-45-20-24-64(58(46)57(48)61(75)77-51)52-17-16-47(43-13-12-37-26-39(34-70)27-38(33-69)8-7-10-40(43)28-37)60(66-31-50(72)44-11-4-3-9-42(44)35-71)80-79-36-67-53-29-41(21-25-65-53)49(56(45)59(64)62(76)78-52)32-68-54(73)18-19-55(68)74/h17-19,21,29-30,35,37-40,42-47,49-50,58,60,65-67,69-70,72H,2-6,9-16,20,22-28,31-34,36H2,1H3. The van der Waals surface area contributed by atoms with Crippen LogP contribution in [-0.4, -0.2) is 100 Å². The van der Waals surface area contributed by atoms with Gasteiger partial charge in [-0.2, -0.15) is 0 Å². The van der Waals surface area contributed by atoms with Gasteiger partial charge in [-0.1, -0.05) is 72.6 Å². The predicted octanol–water partition coefficient (Wildman–Crippen LogP) is 8.45. The van der Waals surface area contributed by atoms with Crippen molar-refractivity contribution in [2.45, 2.75) is 147 Å². The number of cyclic esters (lactones) is 1. The molecule has 0 radical (unpaired) electrons. The normalized spacial score (nSPS) is 38.5. The van der Waals surface area contributed by atoms with Crippen molar-refractivity contribution < 1.29 is 48.8 Å². The highest BCUT2D eigenvalue weighted by Gasteiger charge is 2.69. The van der Waals surface area contributed by atoms with E-state index < -0.39 is 29.3 Å². The van der Waals surface area contributed by atoms with E-state index in [-0.39, 0.29) is 102 Å². The van der Waals surface area contributed by atoms with E-state index in [2.05, 4.69) is 59.0 Å². The number of dihydropyridines is 1. The molecule has 0 aromatic heterocycles. The van der Waals surface area contributed by atoms with Crippen LogP contribution in [0.1, 0.15) is 135 Å². The number of hydrogen-bond donors (Lipinski definition) is 6. The lowest BCUT2D eigenvalue weighted by atomic mass is 9.43. The summed E-state index contributed by atoms with van der Waals surface area (Å²) in [5.74, 6) is 7.11. The number of esters is 2. The fraction of sp³-hybridized carbons (Fsp3) is 0.672. The summed E-state index contributed by atoms with van der Waals surface area (Å²) in [5, 5.41) is 44.0. The zero-order valence-corrected chi connectivity index (χ0v) is 48.1. The van der Waals surface area contributed by atoms with E-state index in [0.29, 0.717) is 79.7 Å². The quantitative estimate of drug-likeness (QED) is 0.0357. The van der Waals surface area contributed by atoms with Gasteiger partial charge >= 0.3 is 11.9 Å². The van der Waals surface area contributed by atoms with E-state index in [9.17, 15) is 34.5 Å². The zero-order valence-electron chi connectivity index (χ0n) is 46.5. The van der Waals surface area contributed by atoms with Crippen molar-refractivity contribution >= 4 is 51.6 Å². The second kappa shape index (κ2) is 23.7. The lowest BCUT2D eigenvalue weighted by Crippen LogP contribution is -2.54. The molecule has 0 aromatic carbocycles. The van der Waals surface area contributed by atoms with Gasteiger partial charge in [0.25, 0.3) is 11.8 Å². The van der Waals surface area contributed by atoms with Crippen molar-refractivity contribution in [1.29, 1.82) is 0 Å². The highest BCUT2D eigenvalue weighted by molar-refractivity contribution is 8.76. The van der Waals surface area contributed by atoms with E-state index in [1.807, 2.05) is 0 Å². The summed E-state index contributed by atoms with van der Waals surface area (Å²) in [6, 6.07) is 0. The number of hydrogen-bond acceptors (Lipinski definition) is 15. The van der Waals surface area contributed by atoms with Gasteiger partial charge in [-0.3, -0.25) is 14.5 Å². The molecular weight excluding hydrogens is 1050 g/mol. The number of rotatable bonds is 12. The molecule has 1 saturated heterocycles. The Morgan fingerprint density at radius 3 is 2.51 bits per heavy atom. The molecule has 0 aromatic rings. The van der Waals surface area contributed by atoms with Crippen molar-refractivity contribution in [3.8, 4) is 11.8 Å². The second-order valence-corrected chi connectivity index (χ2v) is 28.2. The van der Waals surface area contributed by atoms with Gasteiger partial charge in [-0.25, -0.2) is 9.59 Å². The van der Waals surface area contributed by atoms with Gasteiger partial charge in [-0.05, 0) is 172 Å². The first-order chi connectivity index (χ1) is 39.0. The van der Waals surface area contributed by atoms with E-state index in [1.54, 1.807) is 21.6 Å². The summed E-state index contributed by atoms with van der Waals surface area (Å²) in [5.41, 5.74) is 2.99. The molecule has 430 valence electrons. The van der Waals surface area contributed by atoms with Crippen LogP contribution in [-0.2, 0) is 33.4 Å². The van der Waals surface area contributed by atoms with Crippen LogP contribution in [0.15, 0.2) is 81.7 Å². The van der Waals surface area contributed by atoms with E-state index >= 15 is 4.79 Å². The summed E-state index contributed by atoms with van der Waals surface area (Å²) in [4.78, 5) is 71.5. The number of aliphatic hydroxyl groups excluding tert-OH is 3. The maximum absolute atomic E-state index is 15.6. The number of ether oxygens (including phenoxy) is 2. The lowest BCUT2D eigenvalue weighted by molar-refractivity contribution is -0.138. The van der Waals surface area contributed by atoms with E-state index in [4.69, 9.17) is 9.47 Å². The van der Waals surface area contributed by atoms with Gasteiger partial charge in [-0.15, -0.1) is 5.92 Å². The molecule has 8 aliphatic carbocycles. The Kier molecular flexibility index (Phi) is 16.6. The van der Waals surface area contributed by atoms with Gasteiger partial charge in [0.2, 0.25) is 0 Å². The molecule has 2 amide bonds. The van der Waals surface area contributed by atoms with Gasteiger partial charge in [0.05, 0.1) is 40.8 Å². The SMILES string of the molecule is CCC1(C=C2OC(=O)C3=C2CCC2C4CCC5(C6=CCC(C7CCC8CC(CO)CC(CO)C#CCC7C8)C(NCC(O)C7CCCCC7C=O)SSCNC7=CC(=CCN7)C(CN7C(=O)C=CC7=O)C4=C5C(=O)O6)C32)CCCC1. The molecule has 16 heteroatoms. The maximum Gasteiger partial charge on any atom is 0.340 e. The number of carbonyl (C=O) groups excluding carboxylic acids is 5. The third kappa shape index (κ3) is 10.4. The van der Waals surface area contributed by atoms with Crippen molar-refractivity contribution in [2.24, 2.45) is 81.8 Å². The fourth-order valence-corrected chi connectivity index (χ4v) is 20.4. The summed E-state index contributed by atoms with van der Waals surface area (Å²) in [6.45, 7) is 3.09. The third-order valence-electron chi connectivity index (χ3n) is 21.8. The molecule has 15 unspecified atom stereocenters. The van der Waals surface area contributed by atoms with E-state index in [1.165, 1.54) is 17.1 Å². The van der Waals surface area contributed by atoms with Crippen LogP contribution in [0.4, 0.5) is 0 Å². The number of fused-ring (bicyclic) bond motifs is 4. The highest BCUT2D eigenvalue weighted by atomic mass is 33.1. The Labute approximate surface area is 479 Å². The Hall–Kier alpha value is -4.37. The van der Waals surface area contributed by atoms with Crippen LogP contribution in [0.3, 0.4) is 0 Å². The van der Waals surface area contributed by atoms with Crippen molar-refractivity contribution in [3.63, 3.8) is 0 Å². The smallest absolute Gasteiger partial charge is 0.340 e. The molecule has 13 aliphatic rings. The van der Waals surface area contributed by atoms with Crippen molar-refractivity contribution in [2.75, 3.05) is 38.7 Å². The molecule has 80 heavy (non-hydrogen) atoms. The predicted molar refractivity (Wildman–Crippen MR) is 306 cm³/mol. The summed E-state index contributed by atoms with van der Waals surface area (Å²) in [7, 11) is 3.43. The topological polar surface area (TPSA) is 204 Å². The Bertz CT molecular complexity index is 2760. The minimum atomic E-state index is -1.03. The molecular formula is C64H82N4O10S2. The minimum absolute atomic E-state index is 0.0352. The number of amides is 2. The lowest BCUT2D eigenvalue weighted by Gasteiger charge is -2.57. The fourth-order valence-electron chi connectivity index (χ4n) is 17.9. The van der Waals surface area contributed by atoms with Crippen molar-refractivity contribution in [1.82, 2.24) is 20.9 Å². The van der Waals surface area contributed by atoms with Crippen LogP contribution in [0, 0.1) is 93.7 Å². The molecule has 5 aliphatic heterocycles. The number of carbonyl (C=O) groups is 5. The largest absolute Gasteiger partial charge is 0.427 e. The first-order valence-electron chi connectivity index (χ1n) is 30.6. The first-order valence-corrected chi connectivity index (χ1v) is 33.0. The molecule has 9 bridgehead atoms. The van der Waals surface area contributed by atoms with Crippen LogP contribution in [0.25, 0.3) is 0 Å². The maximum atomic E-state index is 15.6. The van der Waals surface area contributed by atoms with Crippen LogP contribution in [0.5, 0.6) is 0 Å². The molecule has 15 atom stereocenters. The van der Waals surface area contributed by atoms with E-state index in [0.717, 1.165) is 125 Å². The number of imide groups is 1. The Balaban J connectivity index is 1.01. The van der Waals surface area contributed by atoms with Crippen molar-refractivity contribution in [3.05, 3.63) is 81.7 Å². The number of aldehydes is 1. The zero-order chi connectivity index (χ0) is 55.3. The molecule has 4 saturated carbocycles. The molecule has 6 N–H and O–H groups in total. The molecule has 5 heterocycles. The van der Waals surface area contributed by atoms with Gasteiger partial charge in [0.1, 0.15) is 17.8 Å². The van der Waals surface area contributed by atoms with Gasteiger partial charge < -0.3 is 45.5 Å². The second-order valence-electron chi connectivity index (χ2n) is 25.7. The van der Waals surface area contributed by atoms with Gasteiger partial charge in [0.15, 0.2) is 0 Å². The van der Waals surface area contributed by atoms with Crippen LogP contribution in [0.2, 0.25) is 0 Å². The third-order valence-corrected chi connectivity index (χ3v) is 24.3. The molecule has 14 nitrogen and oxygen atoms in total. The summed E-state index contributed by atoms with van der Waals surface area (Å²) < 4.78 is 13.4. The molecule has 13 rings (SSSR count). The minimum Gasteiger partial charge on any atom is -0.427 e. The summed E-state index contributed by atoms with van der Waals surface area (Å²) in [6.07, 6.45) is 28.9. The van der Waals surface area contributed by atoms with Crippen LogP contribution < -0.4 is 16.0 Å². The monoisotopic (exact) mass is 1130 g/mol. The molecule has 1 spiro atoms. The van der Waals surface area contributed by atoms with Crippen LogP contribution >= 0.6 is 21.6 Å². The number of aliphatic hydroxyl groups is 3.